The molecule has 5 heteroatoms. The Bertz CT molecular complexity index is 567. The van der Waals surface area contributed by atoms with Gasteiger partial charge in [-0.15, -0.1) is 0 Å². The first kappa shape index (κ1) is 13.4. The molecule has 1 atom stereocenters. The van der Waals surface area contributed by atoms with E-state index >= 15 is 0 Å². The first-order chi connectivity index (χ1) is 8.34. The molecule has 1 fully saturated rings. The number of rotatable bonds is 2. The Hall–Kier alpha value is -1.07. The van der Waals surface area contributed by atoms with Gasteiger partial charge in [0.2, 0.25) is 10.0 Å². The first-order valence-electron chi connectivity index (χ1n) is 6.22. The zero-order valence-corrected chi connectivity index (χ0v) is 11.9. The molecule has 2 N–H and O–H groups in total. The molecule has 4 nitrogen and oxygen atoms in total. The molecule has 1 saturated heterocycles. The Morgan fingerprint density at radius 2 is 1.89 bits per heavy atom. The van der Waals surface area contributed by atoms with Crippen LogP contribution >= 0.6 is 0 Å². The summed E-state index contributed by atoms with van der Waals surface area (Å²) >= 11 is 0. The van der Waals surface area contributed by atoms with Crippen molar-refractivity contribution in [2.24, 2.45) is 0 Å². The Labute approximate surface area is 109 Å². The molecular formula is C13H20N2O2S. The molecule has 2 rings (SSSR count). The highest BCUT2D eigenvalue weighted by atomic mass is 32.2. The van der Waals surface area contributed by atoms with Gasteiger partial charge < -0.3 is 5.73 Å². The number of nitrogens with two attached hydrogens (primary N) is 1. The molecule has 1 aromatic rings. The van der Waals surface area contributed by atoms with Crippen LogP contribution in [0.2, 0.25) is 0 Å². The van der Waals surface area contributed by atoms with Crippen LogP contribution in [0.5, 0.6) is 0 Å². The van der Waals surface area contributed by atoms with Gasteiger partial charge in [0.25, 0.3) is 0 Å². The average Bonchev–Trinajstić information content (AvgIpc) is 2.70. The van der Waals surface area contributed by atoms with E-state index in [1.807, 2.05) is 20.8 Å². The van der Waals surface area contributed by atoms with Crippen molar-refractivity contribution in [3.63, 3.8) is 0 Å². The smallest absolute Gasteiger partial charge is 0.245 e. The second-order valence-electron chi connectivity index (χ2n) is 5.08. The number of nitrogens with zero attached hydrogens (tertiary/aromatic N) is 1. The largest absolute Gasteiger partial charge is 0.398 e. The van der Waals surface area contributed by atoms with Crippen LogP contribution < -0.4 is 5.73 Å². The quantitative estimate of drug-likeness (QED) is 0.835. The number of sulfonamides is 1. The monoisotopic (exact) mass is 268 g/mol. The highest BCUT2D eigenvalue weighted by Crippen LogP contribution is 2.30. The first-order valence-corrected chi connectivity index (χ1v) is 7.66. The van der Waals surface area contributed by atoms with Crippen molar-refractivity contribution in [1.82, 2.24) is 4.31 Å². The predicted octanol–water partition coefficient (Wildman–Crippen LogP) is 2.06. The molecule has 18 heavy (non-hydrogen) atoms. The van der Waals surface area contributed by atoms with Crippen molar-refractivity contribution < 1.29 is 8.42 Å². The average molecular weight is 268 g/mol. The fraction of sp³-hybridized carbons (Fsp3) is 0.538. The van der Waals surface area contributed by atoms with E-state index in [0.29, 0.717) is 12.2 Å². The molecule has 1 heterocycles. The lowest BCUT2D eigenvalue weighted by atomic mass is 10.1. The normalized spacial score (nSPS) is 21.4. The Kier molecular flexibility index (Phi) is 3.38. The summed E-state index contributed by atoms with van der Waals surface area (Å²) in [7, 11) is -3.45. The highest BCUT2D eigenvalue weighted by molar-refractivity contribution is 7.89. The van der Waals surface area contributed by atoms with Gasteiger partial charge in [-0.05, 0) is 56.9 Å². The van der Waals surface area contributed by atoms with E-state index in [4.69, 9.17) is 5.73 Å². The molecule has 0 spiro atoms. The maximum Gasteiger partial charge on any atom is 0.245 e. The van der Waals surface area contributed by atoms with Gasteiger partial charge >= 0.3 is 0 Å². The number of aryl methyl sites for hydroxylation is 2. The molecule has 0 bridgehead atoms. The standard InChI is InChI=1S/C13H20N2O2S/c1-9-7-12(14)13(8-10(9)2)18(16,17)15-6-4-5-11(15)3/h7-8,11H,4-6,14H2,1-3H3. The number of nitrogen functional groups attached to an aromatic ring is 1. The van der Waals surface area contributed by atoms with E-state index in [0.717, 1.165) is 24.0 Å². The molecule has 1 aliphatic heterocycles. The van der Waals surface area contributed by atoms with Gasteiger partial charge in [-0.1, -0.05) is 0 Å². The molecule has 0 amide bonds. The van der Waals surface area contributed by atoms with Crippen molar-refractivity contribution in [2.75, 3.05) is 12.3 Å². The van der Waals surface area contributed by atoms with Crippen molar-refractivity contribution in [3.05, 3.63) is 23.3 Å². The maximum absolute atomic E-state index is 12.6. The van der Waals surface area contributed by atoms with E-state index in [1.165, 1.54) is 0 Å². The molecule has 0 radical (unpaired) electrons. The van der Waals surface area contributed by atoms with Crippen LogP contribution in [0.4, 0.5) is 5.69 Å². The summed E-state index contributed by atoms with van der Waals surface area (Å²) in [4.78, 5) is 0.249. The van der Waals surface area contributed by atoms with Crippen LogP contribution in [0, 0.1) is 13.8 Å². The van der Waals surface area contributed by atoms with Crippen molar-refractivity contribution in [1.29, 1.82) is 0 Å². The van der Waals surface area contributed by atoms with Crippen LogP contribution in [0.25, 0.3) is 0 Å². The third kappa shape index (κ3) is 2.12. The third-order valence-electron chi connectivity index (χ3n) is 3.70. The summed E-state index contributed by atoms with van der Waals surface area (Å²) in [6.45, 7) is 6.37. The SMILES string of the molecule is Cc1cc(N)c(S(=O)(=O)N2CCCC2C)cc1C. The van der Waals surface area contributed by atoms with Gasteiger partial charge in [0, 0.05) is 12.6 Å². The number of benzene rings is 1. The minimum absolute atomic E-state index is 0.0657. The van der Waals surface area contributed by atoms with Gasteiger partial charge in [-0.2, -0.15) is 4.31 Å². The van der Waals surface area contributed by atoms with Crippen LogP contribution in [-0.4, -0.2) is 25.3 Å². The summed E-state index contributed by atoms with van der Waals surface area (Å²) < 4.78 is 26.7. The molecule has 1 aliphatic rings. The lowest BCUT2D eigenvalue weighted by Gasteiger charge is -2.22. The number of hydrogen-bond donors (Lipinski definition) is 1. The van der Waals surface area contributed by atoms with Crippen LogP contribution in [-0.2, 0) is 10.0 Å². The fourth-order valence-corrected chi connectivity index (χ4v) is 4.31. The van der Waals surface area contributed by atoms with Gasteiger partial charge in [0.1, 0.15) is 4.90 Å². The zero-order chi connectivity index (χ0) is 13.5. The maximum atomic E-state index is 12.6. The van der Waals surface area contributed by atoms with E-state index < -0.39 is 10.0 Å². The summed E-state index contributed by atoms with van der Waals surface area (Å²) in [5.74, 6) is 0. The minimum atomic E-state index is -3.45. The van der Waals surface area contributed by atoms with E-state index in [2.05, 4.69) is 0 Å². The van der Waals surface area contributed by atoms with Crippen LogP contribution in [0.3, 0.4) is 0 Å². The second-order valence-corrected chi connectivity index (χ2v) is 6.94. The molecular weight excluding hydrogens is 248 g/mol. The highest BCUT2D eigenvalue weighted by Gasteiger charge is 2.33. The van der Waals surface area contributed by atoms with E-state index in [1.54, 1.807) is 16.4 Å². The van der Waals surface area contributed by atoms with Crippen molar-refractivity contribution in [2.45, 2.75) is 44.6 Å². The lowest BCUT2D eigenvalue weighted by Crippen LogP contribution is -2.34. The Morgan fingerprint density at radius 1 is 1.28 bits per heavy atom. The molecule has 1 aromatic carbocycles. The fourth-order valence-electron chi connectivity index (χ4n) is 2.43. The lowest BCUT2D eigenvalue weighted by molar-refractivity contribution is 0.408. The van der Waals surface area contributed by atoms with Crippen molar-refractivity contribution in [3.8, 4) is 0 Å². The van der Waals surface area contributed by atoms with E-state index in [9.17, 15) is 8.42 Å². The van der Waals surface area contributed by atoms with Gasteiger partial charge in [0.05, 0.1) is 5.69 Å². The summed E-state index contributed by atoms with van der Waals surface area (Å²) in [5, 5.41) is 0. The molecule has 0 aliphatic carbocycles. The van der Waals surface area contributed by atoms with Gasteiger partial charge in [-0.3, -0.25) is 0 Å². The van der Waals surface area contributed by atoms with E-state index in [-0.39, 0.29) is 10.9 Å². The number of anilines is 1. The Morgan fingerprint density at radius 3 is 2.44 bits per heavy atom. The molecule has 100 valence electrons. The minimum Gasteiger partial charge on any atom is -0.398 e. The molecule has 0 aromatic heterocycles. The van der Waals surface area contributed by atoms with Gasteiger partial charge in [0.15, 0.2) is 0 Å². The molecule has 1 unspecified atom stereocenters. The summed E-state index contributed by atoms with van der Waals surface area (Å²) in [6, 6.07) is 3.49. The second kappa shape index (κ2) is 4.55. The topological polar surface area (TPSA) is 63.4 Å². The van der Waals surface area contributed by atoms with Crippen molar-refractivity contribution >= 4 is 15.7 Å². The summed E-state index contributed by atoms with van der Waals surface area (Å²) in [5.41, 5.74) is 8.20. The van der Waals surface area contributed by atoms with Crippen LogP contribution in [0.15, 0.2) is 17.0 Å². The Balaban J connectivity index is 2.51. The predicted molar refractivity (Wildman–Crippen MR) is 72.9 cm³/mol. The zero-order valence-electron chi connectivity index (χ0n) is 11.1. The number of hydrogen-bond acceptors (Lipinski definition) is 3. The summed E-state index contributed by atoms with van der Waals surface area (Å²) in [6.07, 6.45) is 1.84. The van der Waals surface area contributed by atoms with Crippen LogP contribution in [0.1, 0.15) is 30.9 Å². The third-order valence-corrected chi connectivity index (χ3v) is 5.77. The van der Waals surface area contributed by atoms with Gasteiger partial charge in [-0.25, -0.2) is 8.42 Å². The molecule has 0 saturated carbocycles.